The molecule has 97 heavy (non-hydrogen) atoms. The number of carbonyl (C=O) groups is 11. The standard InChI is InChI=1S/C68H121N15O14/c1-23-49-64(90)76(17)47(15)63(89)81(22)55(48(16)96-33-27-26-30-82-31-34-95-35-32-82)60(86)74-53(42(8)9)67(93)77(18)50(36-39(2)3)59(85)71-45(13)58(84)72-46(14)62(88)78(19)51(37-40(4)5)65(91)79(20)52(38-41(6)7)66(92)80(21)54(43(10)11)68(94)83-56(61(87)73-49)57(97-83)44(12)28-24-25-29-70-75-69/h39-57H,23-38H2,1-22H3,(H,71,85)(H,72,84)(H,73,87)(H,74,86)/t44-,45+,46-,47-,48-,49+,50+,51+,52+,53+,54+,55+,56+,57-/m1/s1. The molecule has 29 nitrogen and oxygen atoms in total. The molecule has 0 aromatic heterocycles. The van der Waals surface area contributed by atoms with Gasteiger partial charge in [0.1, 0.15) is 66.5 Å². The summed E-state index contributed by atoms with van der Waals surface area (Å²) in [5.41, 5.74) is 8.89. The summed E-state index contributed by atoms with van der Waals surface area (Å²) >= 11 is 0. The fourth-order valence-electron chi connectivity index (χ4n) is 12.8. The number of unbranched alkanes of at least 4 members (excludes halogenated alkanes) is 2. The number of ether oxygens (including phenoxy) is 2. The van der Waals surface area contributed by atoms with Crippen LogP contribution in [0.1, 0.15) is 169 Å². The van der Waals surface area contributed by atoms with Crippen LogP contribution in [0.25, 0.3) is 10.4 Å². The Labute approximate surface area is 577 Å². The van der Waals surface area contributed by atoms with Gasteiger partial charge in [-0.25, -0.2) is 5.06 Å². The molecule has 0 aliphatic carbocycles. The predicted molar refractivity (Wildman–Crippen MR) is 367 cm³/mol. The maximum absolute atomic E-state index is 15.3. The molecule has 3 aliphatic heterocycles. The largest absolute Gasteiger partial charge is 0.379 e. The first-order chi connectivity index (χ1) is 45.4. The zero-order valence-electron chi connectivity index (χ0n) is 62.4. The number of hydrogen-bond acceptors (Lipinski definition) is 16. The van der Waals surface area contributed by atoms with Crippen molar-refractivity contribution in [2.45, 2.75) is 247 Å². The third-order valence-electron chi connectivity index (χ3n) is 19.0. The molecule has 3 aliphatic rings. The van der Waals surface area contributed by atoms with Gasteiger partial charge in [-0.3, -0.25) is 62.5 Å². The molecular weight excluding hydrogens is 1250 g/mol. The molecule has 3 heterocycles. The summed E-state index contributed by atoms with van der Waals surface area (Å²) in [7, 11) is 8.59. The Bertz CT molecular complexity index is 2710. The van der Waals surface area contributed by atoms with Crippen molar-refractivity contribution in [1.82, 2.24) is 60.6 Å². The molecule has 29 heteroatoms. The lowest BCUT2D eigenvalue weighted by atomic mass is 9.88. The molecule has 0 unspecified atom stereocenters. The van der Waals surface area contributed by atoms with Gasteiger partial charge >= 0.3 is 0 Å². The third-order valence-corrected chi connectivity index (χ3v) is 19.0. The number of nitrogens with zero attached hydrogens (tertiary/aromatic N) is 11. The molecule has 14 atom stereocenters. The Hall–Kier alpha value is -6.68. The zero-order chi connectivity index (χ0) is 73.6. The Morgan fingerprint density at radius 3 is 1.60 bits per heavy atom. The van der Waals surface area contributed by atoms with Gasteiger partial charge in [0.25, 0.3) is 5.91 Å². The van der Waals surface area contributed by atoms with Crippen LogP contribution >= 0.6 is 0 Å². The number of hydrogen-bond donors (Lipinski definition) is 4. The van der Waals surface area contributed by atoms with Gasteiger partial charge in [0, 0.05) is 73.4 Å². The fraction of sp³-hybridized carbons (Fsp3) is 0.838. The first kappa shape index (κ1) is 84.5. The number of hydroxylamine groups is 2. The van der Waals surface area contributed by atoms with Crippen molar-refractivity contribution in [3.63, 3.8) is 0 Å². The van der Waals surface area contributed by atoms with Crippen molar-refractivity contribution in [2.75, 3.05) is 88.3 Å². The average Bonchev–Trinajstić information content (AvgIpc) is 0.755. The second kappa shape index (κ2) is 39.8. The molecule has 0 aromatic rings. The van der Waals surface area contributed by atoms with Gasteiger partial charge < -0.3 is 60.1 Å². The maximum Gasteiger partial charge on any atom is 0.270 e. The van der Waals surface area contributed by atoms with Crippen molar-refractivity contribution in [3.8, 4) is 0 Å². The van der Waals surface area contributed by atoms with Crippen molar-refractivity contribution >= 4 is 65.0 Å². The minimum absolute atomic E-state index is 0.0252. The highest BCUT2D eigenvalue weighted by Crippen LogP contribution is 2.34. The van der Waals surface area contributed by atoms with E-state index in [2.05, 4.69) is 36.2 Å². The van der Waals surface area contributed by atoms with Gasteiger partial charge in [-0.05, 0) is 127 Å². The number of nitrogens with one attached hydrogen (secondary N) is 4. The normalized spacial score (nSPS) is 27.9. The lowest BCUT2D eigenvalue weighted by molar-refractivity contribution is -0.322. The topological polar surface area (TPSA) is 338 Å². The van der Waals surface area contributed by atoms with Crippen LogP contribution in [-0.2, 0) is 67.1 Å². The fourth-order valence-corrected chi connectivity index (χ4v) is 12.8. The minimum atomic E-state index is -1.40. The Kier molecular flexibility index (Phi) is 34.7. The molecule has 552 valence electrons. The van der Waals surface area contributed by atoms with Gasteiger partial charge in [0.2, 0.25) is 59.1 Å². The number of rotatable bonds is 22. The molecule has 0 aromatic carbocycles. The molecule has 3 saturated heterocycles. The van der Waals surface area contributed by atoms with Gasteiger partial charge in [0.15, 0.2) is 6.04 Å². The van der Waals surface area contributed by atoms with E-state index >= 15 is 24.0 Å². The van der Waals surface area contributed by atoms with Crippen molar-refractivity contribution < 1.29 is 67.1 Å². The highest BCUT2D eigenvalue weighted by Gasteiger charge is 2.55. The van der Waals surface area contributed by atoms with E-state index in [1.807, 2.05) is 48.5 Å². The van der Waals surface area contributed by atoms with Crippen LogP contribution in [0.3, 0.4) is 0 Å². The molecule has 0 saturated carbocycles. The monoisotopic (exact) mass is 1370 g/mol. The SMILES string of the molecule is CC[C@@H]1NC(=O)[C@@H]2[C@@H]([C@H](C)CCCCN=[N+]=[N-])ON2C(=O)[C@H](C(C)C)N(C)C(=O)[C@H](CC(C)C)N(C)C(=O)[C@H](CC(C)C)N(C)C(=O)[C@@H](C)NC(=O)[C@H](C)NC(=O)[C@H](CC(C)C)N(C)C(=O)[C@H](C(C)C)NC(=O)[C@H]([C@@H](C)OCCCCN2CCOCC2)N(C)C(=O)[C@@H](C)N(C)C1=O. The van der Waals surface area contributed by atoms with Crippen LogP contribution in [0, 0.1) is 35.5 Å². The van der Waals surface area contributed by atoms with Crippen molar-refractivity contribution in [3.05, 3.63) is 10.4 Å². The van der Waals surface area contributed by atoms with Crippen LogP contribution in [0.4, 0.5) is 0 Å². The number of amides is 11. The first-order valence-corrected chi connectivity index (χ1v) is 35.1. The van der Waals surface area contributed by atoms with Crippen molar-refractivity contribution in [2.24, 2.45) is 40.6 Å². The quantitative estimate of drug-likeness (QED) is 0.0516. The second-order valence-corrected chi connectivity index (χ2v) is 28.9. The number of azide groups is 1. The summed E-state index contributed by atoms with van der Waals surface area (Å²) in [5.74, 6) is -9.60. The molecule has 0 bridgehead atoms. The van der Waals surface area contributed by atoms with Gasteiger partial charge in [-0.1, -0.05) is 94.6 Å². The van der Waals surface area contributed by atoms with Crippen LogP contribution in [-0.4, -0.2) is 271 Å². The van der Waals surface area contributed by atoms with E-state index in [4.69, 9.17) is 19.8 Å². The first-order valence-electron chi connectivity index (χ1n) is 35.1. The summed E-state index contributed by atoms with van der Waals surface area (Å²) in [6.45, 7) is 31.8. The molecule has 4 N–H and O–H groups in total. The van der Waals surface area contributed by atoms with E-state index in [-0.39, 0.29) is 62.5 Å². The van der Waals surface area contributed by atoms with E-state index in [0.29, 0.717) is 38.9 Å². The van der Waals surface area contributed by atoms with Gasteiger partial charge in [-0.15, -0.1) is 0 Å². The zero-order valence-corrected chi connectivity index (χ0v) is 62.4. The Balaban J connectivity index is 2.29. The molecular formula is C68H121N15O14. The molecule has 3 fully saturated rings. The smallest absolute Gasteiger partial charge is 0.270 e. The summed E-state index contributed by atoms with van der Waals surface area (Å²) in [5, 5.41) is 15.7. The molecule has 3 rings (SSSR count). The minimum Gasteiger partial charge on any atom is -0.379 e. The van der Waals surface area contributed by atoms with E-state index < -0.39 is 155 Å². The highest BCUT2D eigenvalue weighted by atomic mass is 16.7. The molecule has 11 amide bonds. The number of morpholine rings is 1. The highest BCUT2D eigenvalue weighted by molar-refractivity contribution is 6.00. The van der Waals surface area contributed by atoms with Crippen LogP contribution in [0.5, 0.6) is 0 Å². The predicted octanol–water partition coefficient (Wildman–Crippen LogP) is 3.97. The summed E-state index contributed by atoms with van der Waals surface area (Å²) < 4.78 is 11.9. The van der Waals surface area contributed by atoms with Crippen molar-refractivity contribution in [1.29, 1.82) is 0 Å². The van der Waals surface area contributed by atoms with Crippen LogP contribution in [0.15, 0.2) is 5.11 Å². The van der Waals surface area contributed by atoms with E-state index in [0.717, 1.165) is 31.1 Å². The summed E-state index contributed by atoms with van der Waals surface area (Å²) in [6, 6.07) is -13.8. The van der Waals surface area contributed by atoms with Gasteiger partial charge in [-0.2, -0.15) is 0 Å². The summed E-state index contributed by atoms with van der Waals surface area (Å²) in [6.07, 6.45) is 1.53. The molecule has 0 radical (unpaired) electrons. The average molecular weight is 1370 g/mol. The Morgan fingerprint density at radius 2 is 1.06 bits per heavy atom. The van der Waals surface area contributed by atoms with E-state index in [9.17, 15) is 28.8 Å². The summed E-state index contributed by atoms with van der Waals surface area (Å²) in [4.78, 5) is 182. The Morgan fingerprint density at radius 1 is 0.536 bits per heavy atom. The lowest BCUT2D eigenvalue weighted by Crippen LogP contribution is -2.72. The van der Waals surface area contributed by atoms with Crippen LogP contribution in [0.2, 0.25) is 0 Å². The number of likely N-dealkylation sites (N-methyl/N-ethyl adjacent to an activating group) is 6. The number of carbonyl (C=O) groups excluding carboxylic acids is 11. The van der Waals surface area contributed by atoms with E-state index in [1.54, 1.807) is 41.5 Å². The maximum atomic E-state index is 15.3. The molecule has 0 spiro atoms. The number of fused-ring (bicyclic) bond motifs is 1. The third kappa shape index (κ3) is 23.5. The van der Waals surface area contributed by atoms with Gasteiger partial charge in [0.05, 0.1) is 19.3 Å². The van der Waals surface area contributed by atoms with E-state index in [1.165, 1.54) is 92.5 Å². The van der Waals surface area contributed by atoms with Crippen LogP contribution < -0.4 is 21.3 Å². The lowest BCUT2D eigenvalue weighted by Gasteiger charge is -2.50. The second-order valence-electron chi connectivity index (χ2n) is 28.9.